The lowest BCUT2D eigenvalue weighted by Crippen LogP contribution is -1.82. The van der Waals surface area contributed by atoms with E-state index in [1.54, 1.807) is 11.3 Å². The molecule has 0 aliphatic heterocycles. The van der Waals surface area contributed by atoms with Crippen molar-refractivity contribution in [2.24, 2.45) is 0 Å². The third-order valence-corrected chi connectivity index (χ3v) is 2.82. The van der Waals surface area contributed by atoms with E-state index >= 15 is 0 Å². The molecule has 1 nitrogen and oxygen atoms in total. The van der Waals surface area contributed by atoms with Crippen molar-refractivity contribution in [3.63, 3.8) is 0 Å². The minimum absolute atomic E-state index is 1.08. The Balaban J connectivity index is 2.49. The molecule has 2 heteroatoms. The quantitative estimate of drug-likeness (QED) is 0.669. The smallest absolute Gasteiger partial charge is 0.0811 e. The van der Waals surface area contributed by atoms with Gasteiger partial charge in [-0.05, 0) is 31.0 Å². The molecule has 0 N–H and O–H groups in total. The van der Waals surface area contributed by atoms with Crippen LogP contribution in [0.5, 0.6) is 0 Å². The Morgan fingerprint density at radius 3 is 2.62 bits per heavy atom. The second kappa shape index (κ2) is 3.30. The number of hydrogen-bond donors (Lipinski definition) is 0. The fourth-order valence-corrected chi connectivity index (χ4v) is 1.82. The van der Waals surface area contributed by atoms with E-state index in [1.807, 2.05) is 5.51 Å². The number of thiazole rings is 1. The number of aromatic nitrogens is 1. The van der Waals surface area contributed by atoms with Crippen molar-refractivity contribution in [2.45, 2.75) is 13.8 Å². The summed E-state index contributed by atoms with van der Waals surface area (Å²) < 4.78 is 0. The van der Waals surface area contributed by atoms with Crippen molar-refractivity contribution >= 4 is 11.3 Å². The van der Waals surface area contributed by atoms with Crippen molar-refractivity contribution in [2.75, 3.05) is 0 Å². The van der Waals surface area contributed by atoms with Crippen molar-refractivity contribution in [1.82, 2.24) is 4.98 Å². The molecule has 0 saturated heterocycles. The maximum atomic E-state index is 4.28. The summed E-state index contributed by atoms with van der Waals surface area (Å²) in [6.45, 7) is 4.26. The molecule has 0 unspecified atom stereocenters. The van der Waals surface area contributed by atoms with Gasteiger partial charge in [-0.15, -0.1) is 11.3 Å². The van der Waals surface area contributed by atoms with Crippen LogP contribution in [0, 0.1) is 13.8 Å². The van der Waals surface area contributed by atoms with Gasteiger partial charge in [0.15, 0.2) is 0 Å². The van der Waals surface area contributed by atoms with E-state index in [-0.39, 0.29) is 0 Å². The van der Waals surface area contributed by atoms with E-state index in [1.165, 1.54) is 16.7 Å². The van der Waals surface area contributed by atoms with Crippen LogP contribution in [0.1, 0.15) is 11.1 Å². The highest BCUT2D eigenvalue weighted by Gasteiger charge is 2.00. The fourth-order valence-electron chi connectivity index (χ4n) is 1.26. The van der Waals surface area contributed by atoms with Crippen LogP contribution in [0.25, 0.3) is 11.3 Å². The molecule has 66 valence electrons. The zero-order valence-electron chi connectivity index (χ0n) is 7.74. The predicted molar refractivity (Wildman–Crippen MR) is 57.0 cm³/mol. The molecular weight excluding hydrogens is 178 g/mol. The molecule has 1 aromatic carbocycles. The monoisotopic (exact) mass is 189 g/mol. The van der Waals surface area contributed by atoms with E-state index < -0.39 is 0 Å². The molecule has 2 rings (SSSR count). The number of hydrogen-bond acceptors (Lipinski definition) is 2. The van der Waals surface area contributed by atoms with Crippen LogP contribution in [0.3, 0.4) is 0 Å². The first kappa shape index (κ1) is 8.45. The molecule has 0 bridgehead atoms. The zero-order valence-corrected chi connectivity index (χ0v) is 8.56. The Morgan fingerprint density at radius 1 is 1.15 bits per heavy atom. The molecule has 0 amide bonds. The van der Waals surface area contributed by atoms with Gasteiger partial charge in [-0.2, -0.15) is 0 Å². The van der Waals surface area contributed by atoms with Crippen LogP contribution < -0.4 is 0 Å². The van der Waals surface area contributed by atoms with Gasteiger partial charge in [0, 0.05) is 10.9 Å². The van der Waals surface area contributed by atoms with Crippen LogP contribution in [-0.2, 0) is 0 Å². The normalized spacial score (nSPS) is 10.3. The van der Waals surface area contributed by atoms with Gasteiger partial charge in [0.05, 0.1) is 11.2 Å². The number of nitrogens with zero attached hydrogens (tertiary/aromatic N) is 1. The highest BCUT2D eigenvalue weighted by Crippen LogP contribution is 2.21. The van der Waals surface area contributed by atoms with Gasteiger partial charge in [0.1, 0.15) is 0 Å². The van der Waals surface area contributed by atoms with E-state index in [9.17, 15) is 0 Å². The Hall–Kier alpha value is -1.15. The first-order valence-electron chi connectivity index (χ1n) is 4.23. The molecule has 1 aromatic heterocycles. The molecule has 0 aliphatic rings. The SMILES string of the molecule is Cc1ccc(-c2cscn2)cc1C. The lowest BCUT2D eigenvalue weighted by molar-refractivity contribution is 1.32. The van der Waals surface area contributed by atoms with Crippen molar-refractivity contribution in [3.05, 3.63) is 40.2 Å². The maximum Gasteiger partial charge on any atom is 0.0811 e. The van der Waals surface area contributed by atoms with Crippen molar-refractivity contribution in [1.29, 1.82) is 0 Å². The lowest BCUT2D eigenvalue weighted by Gasteiger charge is -2.01. The molecular formula is C11H11NS. The second-order valence-electron chi connectivity index (χ2n) is 3.17. The van der Waals surface area contributed by atoms with E-state index in [0.717, 1.165) is 5.69 Å². The van der Waals surface area contributed by atoms with Crippen LogP contribution in [0.2, 0.25) is 0 Å². The Labute approximate surface area is 82.1 Å². The van der Waals surface area contributed by atoms with E-state index in [4.69, 9.17) is 0 Å². The van der Waals surface area contributed by atoms with Gasteiger partial charge in [-0.1, -0.05) is 12.1 Å². The van der Waals surface area contributed by atoms with Crippen LogP contribution >= 0.6 is 11.3 Å². The third kappa shape index (κ3) is 1.63. The molecule has 0 radical (unpaired) electrons. The minimum Gasteiger partial charge on any atom is -0.245 e. The standard InChI is InChI=1S/C11H11NS/c1-8-3-4-10(5-9(8)2)11-6-13-7-12-11/h3-7H,1-2H3. The topological polar surface area (TPSA) is 12.9 Å². The highest BCUT2D eigenvalue weighted by atomic mass is 32.1. The number of benzene rings is 1. The molecule has 0 atom stereocenters. The first-order chi connectivity index (χ1) is 6.27. The summed E-state index contributed by atoms with van der Waals surface area (Å²) in [4.78, 5) is 4.28. The summed E-state index contributed by atoms with van der Waals surface area (Å²) in [5.41, 5.74) is 6.81. The average Bonchev–Trinajstić information content (AvgIpc) is 2.62. The number of aryl methyl sites for hydroxylation is 2. The second-order valence-corrected chi connectivity index (χ2v) is 3.89. The number of rotatable bonds is 1. The Bertz CT molecular complexity index is 404. The molecule has 0 fully saturated rings. The summed E-state index contributed by atoms with van der Waals surface area (Å²) in [6, 6.07) is 6.45. The van der Waals surface area contributed by atoms with E-state index in [0.29, 0.717) is 0 Å². The molecule has 0 aliphatic carbocycles. The highest BCUT2D eigenvalue weighted by molar-refractivity contribution is 7.07. The summed E-state index contributed by atoms with van der Waals surface area (Å²) >= 11 is 1.63. The largest absolute Gasteiger partial charge is 0.245 e. The molecule has 0 spiro atoms. The van der Waals surface area contributed by atoms with Gasteiger partial charge in [0.25, 0.3) is 0 Å². The van der Waals surface area contributed by atoms with Gasteiger partial charge >= 0.3 is 0 Å². The minimum atomic E-state index is 1.08. The summed E-state index contributed by atoms with van der Waals surface area (Å²) in [5, 5.41) is 2.07. The van der Waals surface area contributed by atoms with Crippen molar-refractivity contribution < 1.29 is 0 Å². The molecule has 1 heterocycles. The third-order valence-electron chi connectivity index (χ3n) is 2.23. The first-order valence-corrected chi connectivity index (χ1v) is 5.17. The summed E-state index contributed by atoms with van der Waals surface area (Å²) in [7, 11) is 0. The molecule has 13 heavy (non-hydrogen) atoms. The predicted octanol–water partition coefficient (Wildman–Crippen LogP) is 3.43. The van der Waals surface area contributed by atoms with Crippen LogP contribution in [0.4, 0.5) is 0 Å². The van der Waals surface area contributed by atoms with E-state index in [2.05, 4.69) is 42.4 Å². The summed E-state index contributed by atoms with van der Waals surface area (Å²) in [5.74, 6) is 0. The fraction of sp³-hybridized carbons (Fsp3) is 0.182. The molecule has 0 saturated carbocycles. The lowest BCUT2D eigenvalue weighted by atomic mass is 10.1. The van der Waals surface area contributed by atoms with Crippen LogP contribution in [-0.4, -0.2) is 4.98 Å². The van der Waals surface area contributed by atoms with Gasteiger partial charge < -0.3 is 0 Å². The Kier molecular flexibility index (Phi) is 2.15. The van der Waals surface area contributed by atoms with Gasteiger partial charge in [0.2, 0.25) is 0 Å². The maximum absolute atomic E-state index is 4.28. The molecule has 2 aromatic rings. The van der Waals surface area contributed by atoms with Gasteiger partial charge in [-0.3, -0.25) is 0 Å². The summed E-state index contributed by atoms with van der Waals surface area (Å²) in [6.07, 6.45) is 0. The Morgan fingerprint density at radius 2 is 2.00 bits per heavy atom. The zero-order chi connectivity index (χ0) is 9.26. The van der Waals surface area contributed by atoms with Crippen LogP contribution in [0.15, 0.2) is 29.1 Å². The van der Waals surface area contributed by atoms with Gasteiger partial charge in [-0.25, -0.2) is 4.98 Å². The van der Waals surface area contributed by atoms with Crippen molar-refractivity contribution in [3.8, 4) is 11.3 Å². The average molecular weight is 189 g/mol.